The van der Waals surface area contributed by atoms with Gasteiger partial charge in [-0.25, -0.2) is 0 Å². The number of nitrogens with zero attached hydrogens (tertiary/aromatic N) is 4. The molecule has 2 aromatic rings. The number of guanidine groups is 1. The molecule has 2 aromatic carbocycles. The van der Waals surface area contributed by atoms with Gasteiger partial charge in [-0.3, -0.25) is 9.89 Å². The number of hydrogen-bond acceptors (Lipinski definition) is 5. The predicted octanol–water partition coefficient (Wildman–Crippen LogP) is 1.90. The van der Waals surface area contributed by atoms with Gasteiger partial charge in [-0.1, -0.05) is 36.4 Å². The fourth-order valence-electron chi connectivity index (χ4n) is 4.57. The number of aromatic hydroxyl groups is 1. The fourth-order valence-corrected chi connectivity index (χ4v) is 4.57. The molecule has 1 saturated heterocycles. The van der Waals surface area contributed by atoms with E-state index in [2.05, 4.69) is 51.2 Å². The first-order valence-corrected chi connectivity index (χ1v) is 11.7. The van der Waals surface area contributed by atoms with E-state index < -0.39 is 6.10 Å². The second-order valence-corrected chi connectivity index (χ2v) is 8.57. The van der Waals surface area contributed by atoms with Crippen LogP contribution in [0.5, 0.6) is 5.75 Å². The van der Waals surface area contributed by atoms with Crippen LogP contribution in [0.25, 0.3) is 0 Å². The maximum atomic E-state index is 10.7. The molecule has 7 heteroatoms. The summed E-state index contributed by atoms with van der Waals surface area (Å²) in [6, 6.07) is 16.1. The third kappa shape index (κ3) is 5.53. The van der Waals surface area contributed by atoms with E-state index in [9.17, 15) is 10.2 Å². The summed E-state index contributed by atoms with van der Waals surface area (Å²) in [6.45, 7) is 9.02. The van der Waals surface area contributed by atoms with E-state index in [1.54, 1.807) is 6.07 Å². The number of piperazine rings is 1. The summed E-state index contributed by atoms with van der Waals surface area (Å²) in [5.41, 5.74) is 3.67. The Morgan fingerprint density at radius 3 is 2.47 bits per heavy atom. The minimum atomic E-state index is -0.489. The predicted molar refractivity (Wildman–Crippen MR) is 129 cm³/mol. The number of aliphatic imine (C=N–C) groups is 1. The summed E-state index contributed by atoms with van der Waals surface area (Å²) in [5.74, 6) is 1.18. The first-order chi connectivity index (χ1) is 15.6. The van der Waals surface area contributed by atoms with Crippen LogP contribution in [0.1, 0.15) is 18.1 Å². The lowest BCUT2D eigenvalue weighted by Gasteiger charge is -2.38. The number of para-hydroxylation sites is 2. The molecule has 172 valence electrons. The number of phenolic OH excluding ortho intramolecular Hbond substituents is 1. The van der Waals surface area contributed by atoms with Crippen molar-refractivity contribution in [2.75, 3.05) is 57.3 Å². The molecule has 0 spiro atoms. The Morgan fingerprint density at radius 2 is 1.72 bits per heavy atom. The van der Waals surface area contributed by atoms with Crippen LogP contribution < -0.4 is 10.2 Å². The number of benzene rings is 2. The average Bonchev–Trinajstić information content (AvgIpc) is 2.82. The fraction of sp³-hybridized carbons (Fsp3) is 0.480. The van der Waals surface area contributed by atoms with Gasteiger partial charge in [0.25, 0.3) is 0 Å². The second kappa shape index (κ2) is 10.7. The number of nitrogens with one attached hydrogen (secondary N) is 1. The number of phenols is 1. The lowest BCUT2D eigenvalue weighted by Crippen LogP contribution is -2.52. The number of anilines is 1. The maximum absolute atomic E-state index is 10.7. The van der Waals surface area contributed by atoms with Crippen molar-refractivity contribution in [2.45, 2.75) is 26.0 Å². The third-order valence-electron chi connectivity index (χ3n) is 6.27. The first kappa shape index (κ1) is 22.4. The van der Waals surface area contributed by atoms with Gasteiger partial charge in [0.1, 0.15) is 5.75 Å². The van der Waals surface area contributed by atoms with Crippen molar-refractivity contribution in [1.29, 1.82) is 0 Å². The van der Waals surface area contributed by atoms with Crippen molar-refractivity contribution in [3.05, 3.63) is 59.7 Å². The molecule has 1 atom stereocenters. The Labute approximate surface area is 191 Å². The molecule has 2 heterocycles. The zero-order valence-electron chi connectivity index (χ0n) is 19.0. The Balaban J connectivity index is 1.30. The highest BCUT2D eigenvalue weighted by molar-refractivity contribution is 5.80. The van der Waals surface area contributed by atoms with Crippen molar-refractivity contribution < 1.29 is 10.2 Å². The number of aliphatic hydroxyl groups is 1. The molecule has 1 unspecified atom stereocenters. The molecule has 0 amide bonds. The number of hydrogen-bond donors (Lipinski definition) is 3. The van der Waals surface area contributed by atoms with Crippen molar-refractivity contribution in [3.63, 3.8) is 0 Å². The molecule has 1 fully saturated rings. The zero-order valence-corrected chi connectivity index (χ0v) is 19.0. The topological polar surface area (TPSA) is 74.6 Å². The highest BCUT2D eigenvalue weighted by Crippen LogP contribution is 2.27. The Hall–Kier alpha value is -2.77. The molecular formula is C25H35N5O2. The van der Waals surface area contributed by atoms with Crippen molar-refractivity contribution >= 4 is 11.6 Å². The van der Waals surface area contributed by atoms with Gasteiger partial charge in [0.2, 0.25) is 0 Å². The van der Waals surface area contributed by atoms with Crippen LogP contribution in [0.2, 0.25) is 0 Å². The summed E-state index contributed by atoms with van der Waals surface area (Å²) in [6.07, 6.45) is 0.548. The third-order valence-corrected chi connectivity index (χ3v) is 6.27. The zero-order chi connectivity index (χ0) is 22.3. The van der Waals surface area contributed by atoms with E-state index in [0.29, 0.717) is 18.8 Å². The summed E-state index contributed by atoms with van der Waals surface area (Å²) in [5, 5.41) is 24.2. The van der Waals surface area contributed by atoms with Gasteiger partial charge in [0, 0.05) is 52.4 Å². The Bertz CT molecular complexity index is 911. The summed E-state index contributed by atoms with van der Waals surface area (Å²) < 4.78 is 0. The molecule has 2 aliphatic rings. The van der Waals surface area contributed by atoms with Gasteiger partial charge in [-0.15, -0.1) is 0 Å². The molecule has 32 heavy (non-hydrogen) atoms. The van der Waals surface area contributed by atoms with E-state index in [1.165, 1.54) is 11.1 Å². The minimum Gasteiger partial charge on any atom is -0.506 e. The number of β-amino-alcohol motifs (C(OH)–C–C–N with tert-alkyl or cyclic N) is 1. The van der Waals surface area contributed by atoms with Crippen LogP contribution >= 0.6 is 0 Å². The molecule has 4 rings (SSSR count). The molecule has 0 aliphatic carbocycles. The summed E-state index contributed by atoms with van der Waals surface area (Å²) >= 11 is 0. The van der Waals surface area contributed by atoms with Crippen LogP contribution in [-0.4, -0.2) is 84.4 Å². The quantitative estimate of drug-likeness (QED) is 0.474. The molecule has 0 radical (unpaired) electrons. The van der Waals surface area contributed by atoms with Crippen molar-refractivity contribution in [2.24, 2.45) is 4.99 Å². The van der Waals surface area contributed by atoms with Crippen LogP contribution in [-0.2, 0) is 13.0 Å². The van der Waals surface area contributed by atoms with Crippen LogP contribution in [0, 0.1) is 0 Å². The standard InChI is InChI=1S/C25H35N5O2/c1-2-26-25(30-15-13-29(14-16-30)23-9-5-6-10-24(23)32)27-17-22(31)19-28-12-11-20-7-3-4-8-21(20)18-28/h3-10,22,31-32H,2,11-19H2,1H3,(H,26,27). The molecule has 0 saturated carbocycles. The average molecular weight is 438 g/mol. The Morgan fingerprint density at radius 1 is 1.00 bits per heavy atom. The van der Waals surface area contributed by atoms with Crippen LogP contribution in [0.3, 0.4) is 0 Å². The smallest absolute Gasteiger partial charge is 0.194 e. The van der Waals surface area contributed by atoms with E-state index >= 15 is 0 Å². The van der Waals surface area contributed by atoms with Gasteiger partial charge < -0.3 is 25.3 Å². The summed E-state index contributed by atoms with van der Waals surface area (Å²) in [7, 11) is 0. The largest absolute Gasteiger partial charge is 0.506 e. The lowest BCUT2D eigenvalue weighted by atomic mass is 10.00. The van der Waals surface area contributed by atoms with Crippen LogP contribution in [0.15, 0.2) is 53.5 Å². The van der Waals surface area contributed by atoms with Gasteiger partial charge >= 0.3 is 0 Å². The minimum absolute atomic E-state index is 0.324. The normalized spacial score (nSPS) is 18.4. The lowest BCUT2D eigenvalue weighted by molar-refractivity contribution is 0.111. The van der Waals surface area contributed by atoms with Crippen molar-refractivity contribution in [1.82, 2.24) is 15.1 Å². The number of fused-ring (bicyclic) bond motifs is 1. The van der Waals surface area contributed by atoms with E-state index in [4.69, 9.17) is 4.99 Å². The SMILES string of the molecule is CCNC(=NCC(O)CN1CCc2ccccc2C1)N1CCN(c2ccccc2O)CC1. The van der Waals surface area contributed by atoms with Gasteiger partial charge in [-0.05, 0) is 36.6 Å². The molecule has 0 bridgehead atoms. The molecule has 3 N–H and O–H groups in total. The monoisotopic (exact) mass is 437 g/mol. The number of rotatable bonds is 6. The molecular weight excluding hydrogens is 402 g/mol. The maximum Gasteiger partial charge on any atom is 0.194 e. The highest BCUT2D eigenvalue weighted by Gasteiger charge is 2.22. The van der Waals surface area contributed by atoms with Gasteiger partial charge in [0.15, 0.2) is 5.96 Å². The van der Waals surface area contributed by atoms with Crippen molar-refractivity contribution in [3.8, 4) is 5.75 Å². The summed E-state index contributed by atoms with van der Waals surface area (Å²) in [4.78, 5) is 11.5. The van der Waals surface area contributed by atoms with Crippen LogP contribution in [0.4, 0.5) is 5.69 Å². The molecule has 0 aromatic heterocycles. The number of aliphatic hydroxyl groups excluding tert-OH is 1. The van der Waals surface area contributed by atoms with Gasteiger partial charge in [-0.2, -0.15) is 0 Å². The Kier molecular flexibility index (Phi) is 7.50. The van der Waals surface area contributed by atoms with E-state index in [0.717, 1.165) is 63.9 Å². The highest BCUT2D eigenvalue weighted by atomic mass is 16.3. The second-order valence-electron chi connectivity index (χ2n) is 8.57. The van der Waals surface area contributed by atoms with Gasteiger partial charge in [0.05, 0.1) is 18.3 Å². The molecule has 2 aliphatic heterocycles. The van der Waals surface area contributed by atoms with E-state index in [1.807, 2.05) is 18.2 Å². The molecule has 7 nitrogen and oxygen atoms in total. The first-order valence-electron chi connectivity index (χ1n) is 11.7. The van der Waals surface area contributed by atoms with E-state index in [-0.39, 0.29) is 0 Å².